The second-order valence-electron chi connectivity index (χ2n) is 4.69. The van der Waals surface area contributed by atoms with Crippen LogP contribution in [0.1, 0.15) is 19.3 Å². The van der Waals surface area contributed by atoms with E-state index in [0.29, 0.717) is 13.0 Å². The normalized spacial score (nSPS) is 34.9. The number of nitrogens with two attached hydrogens (primary N) is 1. The number of nitrogens with zero attached hydrogens (tertiary/aromatic N) is 1. The third kappa shape index (κ3) is 2.21. The number of methoxy groups -OCH3 is 1. The van der Waals surface area contributed by atoms with E-state index in [0.717, 1.165) is 32.5 Å². The molecule has 0 unspecified atom stereocenters. The highest BCUT2D eigenvalue weighted by molar-refractivity contribution is 5.73. The van der Waals surface area contributed by atoms with Crippen LogP contribution in [0.2, 0.25) is 0 Å². The number of amides is 1. The van der Waals surface area contributed by atoms with Gasteiger partial charge < -0.3 is 15.2 Å². The molecule has 0 aromatic rings. The maximum absolute atomic E-state index is 10.8. The summed E-state index contributed by atoms with van der Waals surface area (Å²) in [7, 11) is 1.73. The van der Waals surface area contributed by atoms with Crippen LogP contribution in [0.5, 0.6) is 0 Å². The molecule has 2 heterocycles. The predicted octanol–water partition coefficient (Wildman–Crippen LogP) is -0.258. The minimum atomic E-state index is -0.248. The number of rotatable bonds is 4. The van der Waals surface area contributed by atoms with Gasteiger partial charge in [-0.3, -0.25) is 9.69 Å². The first kappa shape index (κ1) is 11.8. The van der Waals surface area contributed by atoms with Crippen LogP contribution in [0.4, 0.5) is 0 Å². The smallest absolute Gasteiger partial charge is 0.218 e. The Morgan fingerprint density at radius 3 is 3.06 bits per heavy atom. The van der Waals surface area contributed by atoms with Gasteiger partial charge in [0.15, 0.2) is 0 Å². The summed E-state index contributed by atoms with van der Waals surface area (Å²) in [6.07, 6.45) is 2.69. The van der Waals surface area contributed by atoms with Crippen molar-refractivity contribution >= 4 is 5.91 Å². The van der Waals surface area contributed by atoms with Crippen molar-refractivity contribution in [1.82, 2.24) is 4.90 Å². The lowest BCUT2D eigenvalue weighted by molar-refractivity contribution is -0.118. The first-order valence-corrected chi connectivity index (χ1v) is 5.84. The zero-order chi connectivity index (χ0) is 11.6. The molecule has 5 nitrogen and oxygen atoms in total. The molecule has 2 rings (SSSR count). The van der Waals surface area contributed by atoms with Crippen LogP contribution >= 0.6 is 0 Å². The molecule has 2 fully saturated rings. The van der Waals surface area contributed by atoms with Gasteiger partial charge in [-0.15, -0.1) is 0 Å². The summed E-state index contributed by atoms with van der Waals surface area (Å²) in [6.45, 7) is 3.23. The average Bonchev–Trinajstić information content (AvgIpc) is 2.84. The Hall–Kier alpha value is -0.650. The predicted molar refractivity (Wildman–Crippen MR) is 59.0 cm³/mol. The van der Waals surface area contributed by atoms with Crippen LogP contribution in [-0.4, -0.2) is 55.9 Å². The molecular formula is C11H20N2O3. The Bertz CT molecular complexity index is 264. The molecule has 0 aromatic heterocycles. The van der Waals surface area contributed by atoms with Crippen LogP contribution in [0.15, 0.2) is 0 Å². The SMILES string of the molecule is CO[C@H]1CN(CCC(N)=O)C[C@@]12CCCO2. The van der Waals surface area contributed by atoms with Crippen molar-refractivity contribution in [2.24, 2.45) is 5.73 Å². The Morgan fingerprint density at radius 1 is 1.69 bits per heavy atom. The summed E-state index contributed by atoms with van der Waals surface area (Å²) in [5, 5.41) is 0. The third-order valence-electron chi connectivity index (χ3n) is 3.59. The lowest BCUT2D eigenvalue weighted by Crippen LogP contribution is -2.42. The van der Waals surface area contributed by atoms with Gasteiger partial charge in [0.25, 0.3) is 0 Å². The fourth-order valence-corrected chi connectivity index (χ4v) is 2.77. The van der Waals surface area contributed by atoms with E-state index in [2.05, 4.69) is 4.90 Å². The molecule has 5 heteroatoms. The van der Waals surface area contributed by atoms with Crippen molar-refractivity contribution in [2.45, 2.75) is 31.0 Å². The van der Waals surface area contributed by atoms with Crippen molar-refractivity contribution in [3.63, 3.8) is 0 Å². The van der Waals surface area contributed by atoms with Crippen LogP contribution < -0.4 is 5.73 Å². The average molecular weight is 228 g/mol. The number of carbonyl (C=O) groups is 1. The molecule has 2 N–H and O–H groups in total. The molecule has 2 saturated heterocycles. The van der Waals surface area contributed by atoms with Crippen LogP contribution in [0.25, 0.3) is 0 Å². The number of ether oxygens (including phenoxy) is 2. The molecule has 0 aromatic carbocycles. The van der Waals surface area contributed by atoms with Crippen LogP contribution in [0, 0.1) is 0 Å². The number of primary amides is 1. The number of hydrogen-bond acceptors (Lipinski definition) is 4. The first-order chi connectivity index (χ1) is 7.66. The summed E-state index contributed by atoms with van der Waals surface area (Å²) >= 11 is 0. The lowest BCUT2D eigenvalue weighted by atomic mass is 9.97. The quantitative estimate of drug-likeness (QED) is 0.720. The van der Waals surface area contributed by atoms with E-state index in [4.69, 9.17) is 15.2 Å². The highest BCUT2D eigenvalue weighted by atomic mass is 16.6. The third-order valence-corrected chi connectivity index (χ3v) is 3.59. The molecule has 1 spiro atoms. The van der Waals surface area contributed by atoms with E-state index in [9.17, 15) is 4.79 Å². The summed E-state index contributed by atoms with van der Waals surface area (Å²) in [4.78, 5) is 13.0. The number of hydrogen-bond donors (Lipinski definition) is 1. The molecule has 2 aliphatic heterocycles. The monoisotopic (exact) mass is 228 g/mol. The Balaban J connectivity index is 1.93. The molecule has 2 aliphatic rings. The Labute approximate surface area is 95.9 Å². The standard InChI is InChI=1S/C11H20N2O3/c1-15-9-7-13(5-3-10(12)14)8-11(9)4-2-6-16-11/h9H,2-8H2,1H3,(H2,12,14)/t9-,11-/m0/s1. The molecule has 16 heavy (non-hydrogen) atoms. The highest BCUT2D eigenvalue weighted by Gasteiger charge is 2.49. The van der Waals surface area contributed by atoms with Crippen molar-refractivity contribution < 1.29 is 14.3 Å². The van der Waals surface area contributed by atoms with Gasteiger partial charge in [-0.1, -0.05) is 0 Å². The van der Waals surface area contributed by atoms with E-state index < -0.39 is 0 Å². The minimum Gasteiger partial charge on any atom is -0.377 e. The molecule has 0 saturated carbocycles. The molecule has 1 amide bonds. The van der Waals surface area contributed by atoms with Crippen molar-refractivity contribution in [3.8, 4) is 0 Å². The molecule has 0 bridgehead atoms. The Morgan fingerprint density at radius 2 is 2.50 bits per heavy atom. The van der Waals surface area contributed by atoms with Crippen molar-refractivity contribution in [1.29, 1.82) is 0 Å². The highest BCUT2D eigenvalue weighted by Crippen LogP contribution is 2.36. The second kappa shape index (κ2) is 4.69. The summed E-state index contributed by atoms with van der Waals surface area (Å²) in [5.74, 6) is -0.248. The van der Waals surface area contributed by atoms with Gasteiger partial charge in [0.05, 0.1) is 6.10 Å². The lowest BCUT2D eigenvalue weighted by Gasteiger charge is -2.28. The molecular weight excluding hydrogens is 208 g/mol. The number of likely N-dealkylation sites (tertiary alicyclic amines) is 1. The first-order valence-electron chi connectivity index (χ1n) is 5.84. The van der Waals surface area contributed by atoms with E-state index in [1.54, 1.807) is 7.11 Å². The van der Waals surface area contributed by atoms with Gasteiger partial charge in [0, 0.05) is 39.8 Å². The maximum Gasteiger partial charge on any atom is 0.218 e. The fraction of sp³-hybridized carbons (Fsp3) is 0.909. The zero-order valence-electron chi connectivity index (χ0n) is 9.78. The fourth-order valence-electron chi connectivity index (χ4n) is 2.77. The van der Waals surface area contributed by atoms with Gasteiger partial charge >= 0.3 is 0 Å². The van der Waals surface area contributed by atoms with Gasteiger partial charge in [0.2, 0.25) is 5.91 Å². The van der Waals surface area contributed by atoms with Gasteiger partial charge in [-0.2, -0.15) is 0 Å². The van der Waals surface area contributed by atoms with E-state index >= 15 is 0 Å². The van der Waals surface area contributed by atoms with Gasteiger partial charge in [0.1, 0.15) is 5.60 Å². The Kier molecular flexibility index (Phi) is 3.47. The van der Waals surface area contributed by atoms with Crippen molar-refractivity contribution in [2.75, 3.05) is 33.4 Å². The topological polar surface area (TPSA) is 64.8 Å². The van der Waals surface area contributed by atoms with Gasteiger partial charge in [-0.25, -0.2) is 0 Å². The summed E-state index contributed by atoms with van der Waals surface area (Å²) in [6, 6.07) is 0. The van der Waals surface area contributed by atoms with Crippen LogP contribution in [0.3, 0.4) is 0 Å². The number of carbonyl (C=O) groups excluding carboxylic acids is 1. The largest absolute Gasteiger partial charge is 0.377 e. The maximum atomic E-state index is 10.8. The molecule has 92 valence electrons. The van der Waals surface area contributed by atoms with Crippen molar-refractivity contribution in [3.05, 3.63) is 0 Å². The van der Waals surface area contributed by atoms with E-state index in [1.807, 2.05) is 0 Å². The second-order valence-corrected chi connectivity index (χ2v) is 4.69. The van der Waals surface area contributed by atoms with E-state index in [-0.39, 0.29) is 17.6 Å². The van der Waals surface area contributed by atoms with E-state index in [1.165, 1.54) is 0 Å². The minimum absolute atomic E-state index is 0.128. The molecule has 0 radical (unpaired) electrons. The molecule has 0 aliphatic carbocycles. The van der Waals surface area contributed by atoms with Crippen LogP contribution in [-0.2, 0) is 14.3 Å². The molecule has 2 atom stereocenters. The van der Waals surface area contributed by atoms with Gasteiger partial charge in [-0.05, 0) is 12.8 Å². The zero-order valence-corrected chi connectivity index (χ0v) is 9.78. The summed E-state index contributed by atoms with van der Waals surface area (Å²) in [5.41, 5.74) is 5.02. The summed E-state index contributed by atoms with van der Waals surface area (Å²) < 4.78 is 11.4.